The zero-order chi connectivity index (χ0) is 13.3. The maximum Gasteiger partial charge on any atom is 0.324 e. The maximum atomic E-state index is 12.0. The van der Waals surface area contributed by atoms with E-state index in [9.17, 15) is 9.59 Å². The Kier molecular flexibility index (Phi) is 3.65. The molecule has 96 valence electrons. The monoisotopic (exact) mass is 240 g/mol. The molecule has 1 atom stereocenters. The first-order chi connectivity index (χ1) is 7.73. The SMILES string of the molecule is C=C(C)CC1(C(=O)OCC)CC(C)(C)OC1=O. The molecule has 0 N–H and O–H groups in total. The highest BCUT2D eigenvalue weighted by Crippen LogP contribution is 2.45. The highest BCUT2D eigenvalue weighted by atomic mass is 16.6. The summed E-state index contributed by atoms with van der Waals surface area (Å²) in [5.74, 6) is -0.998. The number of rotatable bonds is 4. The van der Waals surface area contributed by atoms with Gasteiger partial charge < -0.3 is 9.47 Å². The number of ether oxygens (including phenoxy) is 2. The van der Waals surface area contributed by atoms with E-state index in [1.165, 1.54) is 0 Å². The number of carbonyl (C=O) groups is 2. The third kappa shape index (κ3) is 2.68. The number of hydrogen-bond acceptors (Lipinski definition) is 4. The van der Waals surface area contributed by atoms with E-state index in [4.69, 9.17) is 9.47 Å². The molecule has 1 saturated heterocycles. The fourth-order valence-electron chi connectivity index (χ4n) is 2.33. The predicted octanol–water partition coefficient (Wildman–Crippen LogP) is 2.23. The molecule has 0 aromatic carbocycles. The van der Waals surface area contributed by atoms with Gasteiger partial charge >= 0.3 is 11.9 Å². The predicted molar refractivity (Wildman–Crippen MR) is 63.3 cm³/mol. The summed E-state index contributed by atoms with van der Waals surface area (Å²) in [4.78, 5) is 24.0. The highest BCUT2D eigenvalue weighted by molar-refractivity contribution is 6.02. The van der Waals surface area contributed by atoms with Gasteiger partial charge in [-0.15, -0.1) is 6.58 Å². The quantitative estimate of drug-likeness (QED) is 0.429. The van der Waals surface area contributed by atoms with Crippen molar-refractivity contribution in [2.45, 2.75) is 46.1 Å². The molecule has 1 rings (SSSR count). The molecule has 4 nitrogen and oxygen atoms in total. The number of esters is 2. The molecule has 0 spiro atoms. The standard InChI is InChI=1S/C13H20O4/c1-6-16-10(14)13(7-9(2)3)8-12(4,5)17-11(13)15/h2,6-8H2,1,3-5H3. The van der Waals surface area contributed by atoms with Crippen molar-refractivity contribution in [1.82, 2.24) is 0 Å². The molecule has 4 heteroatoms. The summed E-state index contributed by atoms with van der Waals surface area (Å²) in [7, 11) is 0. The molecule has 0 bridgehead atoms. The van der Waals surface area contributed by atoms with E-state index in [-0.39, 0.29) is 13.0 Å². The molecule has 1 aliphatic rings. The number of carbonyl (C=O) groups excluding carboxylic acids is 2. The molecule has 0 amide bonds. The second kappa shape index (κ2) is 4.51. The average molecular weight is 240 g/mol. The first-order valence-electron chi connectivity index (χ1n) is 5.78. The smallest absolute Gasteiger partial charge is 0.324 e. The molecule has 0 aromatic rings. The van der Waals surface area contributed by atoms with Crippen molar-refractivity contribution in [2.24, 2.45) is 5.41 Å². The van der Waals surface area contributed by atoms with Crippen LogP contribution in [0.3, 0.4) is 0 Å². The van der Waals surface area contributed by atoms with Gasteiger partial charge in [0.1, 0.15) is 5.60 Å². The van der Waals surface area contributed by atoms with Crippen LogP contribution in [-0.2, 0) is 19.1 Å². The van der Waals surface area contributed by atoms with Crippen LogP contribution in [0.4, 0.5) is 0 Å². The second-order valence-corrected chi connectivity index (χ2v) is 5.26. The van der Waals surface area contributed by atoms with Gasteiger partial charge in [0.25, 0.3) is 0 Å². The first-order valence-corrected chi connectivity index (χ1v) is 5.78. The van der Waals surface area contributed by atoms with E-state index in [2.05, 4.69) is 6.58 Å². The Bertz CT molecular complexity index is 356. The molecule has 1 unspecified atom stereocenters. The Morgan fingerprint density at radius 1 is 1.53 bits per heavy atom. The summed E-state index contributed by atoms with van der Waals surface area (Å²) in [5.41, 5.74) is -1.06. The molecule has 1 heterocycles. The molecule has 1 aliphatic heterocycles. The van der Waals surface area contributed by atoms with Crippen LogP contribution in [-0.4, -0.2) is 24.1 Å². The van der Waals surface area contributed by atoms with E-state index < -0.39 is 23.0 Å². The van der Waals surface area contributed by atoms with Gasteiger partial charge in [-0.2, -0.15) is 0 Å². The Hall–Kier alpha value is -1.32. The van der Waals surface area contributed by atoms with E-state index >= 15 is 0 Å². The molecule has 0 radical (unpaired) electrons. The van der Waals surface area contributed by atoms with E-state index in [1.54, 1.807) is 27.7 Å². The van der Waals surface area contributed by atoms with Crippen molar-refractivity contribution >= 4 is 11.9 Å². The van der Waals surface area contributed by atoms with Crippen LogP contribution in [0.1, 0.15) is 40.5 Å². The summed E-state index contributed by atoms with van der Waals surface area (Å²) in [6.07, 6.45) is 0.624. The lowest BCUT2D eigenvalue weighted by molar-refractivity contribution is -0.165. The van der Waals surface area contributed by atoms with Crippen LogP contribution < -0.4 is 0 Å². The van der Waals surface area contributed by atoms with Crippen LogP contribution in [0.15, 0.2) is 12.2 Å². The van der Waals surface area contributed by atoms with Crippen molar-refractivity contribution in [3.63, 3.8) is 0 Å². The summed E-state index contributed by atoms with van der Waals surface area (Å²) in [5, 5.41) is 0. The first kappa shape index (κ1) is 13.7. The fraction of sp³-hybridized carbons (Fsp3) is 0.692. The molecule has 1 fully saturated rings. The average Bonchev–Trinajstić information content (AvgIpc) is 2.36. The molecular formula is C13H20O4. The summed E-state index contributed by atoms with van der Waals surface area (Å²) < 4.78 is 10.3. The van der Waals surface area contributed by atoms with Crippen LogP contribution in [0.25, 0.3) is 0 Å². The highest BCUT2D eigenvalue weighted by Gasteiger charge is 2.58. The summed E-state index contributed by atoms with van der Waals surface area (Å²) >= 11 is 0. The van der Waals surface area contributed by atoms with Gasteiger partial charge in [0, 0.05) is 6.42 Å². The maximum absolute atomic E-state index is 12.0. The Morgan fingerprint density at radius 3 is 2.47 bits per heavy atom. The molecule has 0 aromatic heterocycles. The lowest BCUT2D eigenvalue weighted by atomic mass is 9.77. The molecule has 0 saturated carbocycles. The van der Waals surface area contributed by atoms with Gasteiger partial charge in [-0.1, -0.05) is 5.57 Å². The van der Waals surface area contributed by atoms with E-state index in [0.29, 0.717) is 6.42 Å². The van der Waals surface area contributed by atoms with Crippen LogP contribution >= 0.6 is 0 Å². The molecule has 0 aliphatic carbocycles. The molecule has 17 heavy (non-hydrogen) atoms. The second-order valence-electron chi connectivity index (χ2n) is 5.26. The lowest BCUT2D eigenvalue weighted by Crippen LogP contribution is -2.38. The lowest BCUT2D eigenvalue weighted by Gasteiger charge is -2.23. The normalized spacial score (nSPS) is 26.5. The summed E-state index contributed by atoms with van der Waals surface area (Å²) in [6.45, 7) is 11.1. The number of allylic oxidation sites excluding steroid dienone is 1. The third-order valence-corrected chi connectivity index (χ3v) is 2.76. The van der Waals surface area contributed by atoms with Crippen molar-refractivity contribution in [3.8, 4) is 0 Å². The Balaban J connectivity index is 3.07. The van der Waals surface area contributed by atoms with Crippen molar-refractivity contribution in [1.29, 1.82) is 0 Å². The van der Waals surface area contributed by atoms with Crippen molar-refractivity contribution < 1.29 is 19.1 Å². The topological polar surface area (TPSA) is 52.6 Å². The third-order valence-electron chi connectivity index (χ3n) is 2.76. The van der Waals surface area contributed by atoms with Crippen LogP contribution in [0, 0.1) is 5.41 Å². The van der Waals surface area contributed by atoms with Crippen LogP contribution in [0.2, 0.25) is 0 Å². The van der Waals surface area contributed by atoms with Gasteiger partial charge in [-0.05, 0) is 34.1 Å². The summed E-state index contributed by atoms with van der Waals surface area (Å²) in [6, 6.07) is 0. The number of cyclic esters (lactones) is 1. The van der Waals surface area contributed by atoms with Gasteiger partial charge in [0.2, 0.25) is 0 Å². The minimum Gasteiger partial charge on any atom is -0.465 e. The van der Waals surface area contributed by atoms with Gasteiger partial charge in [-0.3, -0.25) is 9.59 Å². The fourth-order valence-corrected chi connectivity index (χ4v) is 2.33. The van der Waals surface area contributed by atoms with Crippen molar-refractivity contribution in [2.75, 3.05) is 6.61 Å². The van der Waals surface area contributed by atoms with Crippen LogP contribution in [0.5, 0.6) is 0 Å². The van der Waals surface area contributed by atoms with E-state index in [0.717, 1.165) is 5.57 Å². The Morgan fingerprint density at radius 2 is 2.12 bits per heavy atom. The largest absolute Gasteiger partial charge is 0.465 e. The zero-order valence-electron chi connectivity index (χ0n) is 11.0. The van der Waals surface area contributed by atoms with Gasteiger partial charge in [-0.25, -0.2) is 0 Å². The zero-order valence-corrected chi connectivity index (χ0v) is 11.0. The van der Waals surface area contributed by atoms with Gasteiger partial charge in [0.05, 0.1) is 6.61 Å². The van der Waals surface area contributed by atoms with Crippen molar-refractivity contribution in [3.05, 3.63) is 12.2 Å². The minimum atomic E-state index is -1.20. The van der Waals surface area contributed by atoms with Gasteiger partial charge in [0.15, 0.2) is 5.41 Å². The van der Waals surface area contributed by atoms with E-state index in [1.807, 2.05) is 0 Å². The number of hydrogen-bond donors (Lipinski definition) is 0. The Labute approximate surface area is 102 Å². The molecular weight excluding hydrogens is 220 g/mol. The minimum absolute atomic E-state index is 0.254.